The molecule has 1 aromatic carbocycles. The van der Waals surface area contributed by atoms with E-state index in [0.29, 0.717) is 24.2 Å². The van der Waals surface area contributed by atoms with Crippen molar-refractivity contribution in [1.29, 1.82) is 0 Å². The van der Waals surface area contributed by atoms with E-state index >= 15 is 0 Å². The lowest BCUT2D eigenvalue weighted by molar-refractivity contribution is 0.0791. The number of ketones is 1. The number of nitrogens with zero attached hydrogens (tertiary/aromatic N) is 1. The normalized spacial score (nSPS) is 19.4. The zero-order valence-electron chi connectivity index (χ0n) is 9.85. The molecule has 1 aliphatic heterocycles. The lowest BCUT2D eigenvalue weighted by atomic mass is 10.1. The Morgan fingerprint density at radius 2 is 2.06 bits per heavy atom. The Balaban J connectivity index is 2.19. The molecular formula is C13H16N2O2. The van der Waals surface area contributed by atoms with Crippen LogP contribution < -0.4 is 5.73 Å². The molecule has 17 heavy (non-hydrogen) atoms. The average molecular weight is 232 g/mol. The van der Waals surface area contributed by atoms with Gasteiger partial charge in [0.15, 0.2) is 5.78 Å². The zero-order valence-corrected chi connectivity index (χ0v) is 9.85. The topological polar surface area (TPSA) is 63.4 Å². The summed E-state index contributed by atoms with van der Waals surface area (Å²) in [6, 6.07) is 6.91. The van der Waals surface area contributed by atoms with E-state index < -0.39 is 0 Å². The third kappa shape index (κ3) is 2.53. The number of carbonyl (C=O) groups excluding carboxylic acids is 2. The lowest BCUT2D eigenvalue weighted by Crippen LogP contribution is -2.31. The van der Waals surface area contributed by atoms with Gasteiger partial charge in [-0.25, -0.2) is 0 Å². The van der Waals surface area contributed by atoms with E-state index in [-0.39, 0.29) is 17.7 Å². The number of hydrogen-bond donors (Lipinski definition) is 1. The van der Waals surface area contributed by atoms with Gasteiger partial charge in [0.25, 0.3) is 5.91 Å². The largest absolute Gasteiger partial charge is 0.337 e. The van der Waals surface area contributed by atoms with Crippen LogP contribution in [-0.4, -0.2) is 35.7 Å². The van der Waals surface area contributed by atoms with Gasteiger partial charge in [-0.3, -0.25) is 9.59 Å². The maximum Gasteiger partial charge on any atom is 0.253 e. The molecule has 4 nitrogen and oxygen atoms in total. The smallest absolute Gasteiger partial charge is 0.253 e. The maximum atomic E-state index is 12.1. The molecular weight excluding hydrogens is 216 g/mol. The fourth-order valence-corrected chi connectivity index (χ4v) is 2.03. The molecule has 4 heteroatoms. The van der Waals surface area contributed by atoms with Crippen molar-refractivity contribution in [3.05, 3.63) is 35.4 Å². The van der Waals surface area contributed by atoms with Gasteiger partial charge in [0, 0.05) is 30.3 Å². The van der Waals surface area contributed by atoms with E-state index in [1.165, 1.54) is 6.92 Å². The van der Waals surface area contributed by atoms with E-state index in [9.17, 15) is 9.59 Å². The Morgan fingerprint density at radius 1 is 1.35 bits per heavy atom. The Hall–Kier alpha value is -1.68. The zero-order chi connectivity index (χ0) is 12.4. The molecule has 1 unspecified atom stereocenters. The summed E-state index contributed by atoms with van der Waals surface area (Å²) in [5.41, 5.74) is 6.90. The number of carbonyl (C=O) groups is 2. The number of rotatable bonds is 2. The molecule has 2 N–H and O–H groups in total. The number of likely N-dealkylation sites (tertiary alicyclic amines) is 1. The van der Waals surface area contributed by atoms with Gasteiger partial charge in [-0.2, -0.15) is 0 Å². The highest BCUT2D eigenvalue weighted by atomic mass is 16.2. The van der Waals surface area contributed by atoms with Gasteiger partial charge in [0.2, 0.25) is 0 Å². The standard InChI is InChI=1S/C13H16N2O2/c1-9(16)10-3-2-4-11(7-10)13(17)15-6-5-12(14)8-15/h2-4,7,12H,5-6,8,14H2,1H3. The van der Waals surface area contributed by atoms with Crippen molar-refractivity contribution in [3.63, 3.8) is 0 Å². The van der Waals surface area contributed by atoms with Crippen molar-refractivity contribution < 1.29 is 9.59 Å². The first-order valence-corrected chi connectivity index (χ1v) is 5.74. The van der Waals surface area contributed by atoms with Crippen LogP contribution in [0.25, 0.3) is 0 Å². The van der Waals surface area contributed by atoms with Crippen LogP contribution in [0.4, 0.5) is 0 Å². The number of amides is 1. The Kier molecular flexibility index (Phi) is 3.24. The SMILES string of the molecule is CC(=O)c1cccc(C(=O)N2CCC(N)C2)c1. The number of nitrogens with two attached hydrogens (primary N) is 1. The number of benzene rings is 1. The van der Waals surface area contributed by atoms with Gasteiger partial charge in [-0.1, -0.05) is 12.1 Å². The Morgan fingerprint density at radius 3 is 2.65 bits per heavy atom. The fraction of sp³-hybridized carbons (Fsp3) is 0.385. The van der Waals surface area contributed by atoms with Gasteiger partial charge in [0.05, 0.1) is 0 Å². The third-order valence-electron chi connectivity index (χ3n) is 3.03. The van der Waals surface area contributed by atoms with Crippen LogP contribution in [0.1, 0.15) is 34.1 Å². The molecule has 90 valence electrons. The number of hydrogen-bond acceptors (Lipinski definition) is 3. The molecule has 0 bridgehead atoms. The van der Waals surface area contributed by atoms with E-state index in [0.717, 1.165) is 6.42 Å². The Labute approximate surface area is 100 Å². The minimum Gasteiger partial charge on any atom is -0.337 e. The monoisotopic (exact) mass is 232 g/mol. The molecule has 1 atom stereocenters. The molecule has 1 aromatic rings. The van der Waals surface area contributed by atoms with Crippen LogP contribution in [0.2, 0.25) is 0 Å². The first-order chi connectivity index (χ1) is 8.08. The summed E-state index contributed by atoms with van der Waals surface area (Å²) >= 11 is 0. The van der Waals surface area contributed by atoms with Gasteiger partial charge in [0.1, 0.15) is 0 Å². The fourth-order valence-electron chi connectivity index (χ4n) is 2.03. The highest BCUT2D eigenvalue weighted by Gasteiger charge is 2.24. The highest BCUT2D eigenvalue weighted by Crippen LogP contribution is 2.14. The molecule has 1 heterocycles. The molecule has 0 radical (unpaired) electrons. The van der Waals surface area contributed by atoms with Gasteiger partial charge < -0.3 is 10.6 Å². The van der Waals surface area contributed by atoms with Gasteiger partial charge in [-0.15, -0.1) is 0 Å². The summed E-state index contributed by atoms with van der Waals surface area (Å²) < 4.78 is 0. The predicted octanol–water partition coefficient (Wildman–Crippen LogP) is 1.06. The van der Waals surface area contributed by atoms with Crippen LogP contribution in [-0.2, 0) is 0 Å². The van der Waals surface area contributed by atoms with Crippen LogP contribution in [0.15, 0.2) is 24.3 Å². The van der Waals surface area contributed by atoms with Crippen molar-refractivity contribution in [2.24, 2.45) is 5.73 Å². The van der Waals surface area contributed by atoms with E-state index in [1.807, 2.05) is 0 Å². The first kappa shape index (κ1) is 11.8. The van der Waals surface area contributed by atoms with Crippen molar-refractivity contribution in [3.8, 4) is 0 Å². The molecule has 0 aromatic heterocycles. The maximum absolute atomic E-state index is 12.1. The second kappa shape index (κ2) is 4.67. The quantitative estimate of drug-likeness (QED) is 0.775. The van der Waals surface area contributed by atoms with Crippen LogP contribution in [0.3, 0.4) is 0 Å². The van der Waals surface area contributed by atoms with Gasteiger partial charge in [-0.05, 0) is 25.5 Å². The molecule has 0 aliphatic carbocycles. The second-order valence-electron chi connectivity index (χ2n) is 4.44. The van der Waals surface area contributed by atoms with Crippen molar-refractivity contribution in [1.82, 2.24) is 4.90 Å². The van der Waals surface area contributed by atoms with Crippen LogP contribution in [0.5, 0.6) is 0 Å². The predicted molar refractivity (Wildman–Crippen MR) is 64.9 cm³/mol. The molecule has 1 fully saturated rings. The molecule has 1 amide bonds. The minimum absolute atomic E-state index is 0.0298. The summed E-state index contributed by atoms with van der Waals surface area (Å²) in [6.45, 7) is 2.79. The van der Waals surface area contributed by atoms with Crippen molar-refractivity contribution >= 4 is 11.7 Å². The summed E-state index contributed by atoms with van der Waals surface area (Å²) in [7, 11) is 0. The van der Waals surface area contributed by atoms with Crippen molar-refractivity contribution in [2.75, 3.05) is 13.1 Å². The third-order valence-corrected chi connectivity index (χ3v) is 3.03. The summed E-state index contributed by atoms with van der Waals surface area (Å²) in [4.78, 5) is 25.1. The van der Waals surface area contributed by atoms with E-state index in [2.05, 4.69) is 0 Å². The molecule has 2 rings (SSSR count). The molecule has 0 saturated carbocycles. The molecule has 1 saturated heterocycles. The van der Waals surface area contributed by atoms with E-state index in [4.69, 9.17) is 5.73 Å². The summed E-state index contributed by atoms with van der Waals surface area (Å²) in [5, 5.41) is 0. The van der Waals surface area contributed by atoms with E-state index in [1.54, 1.807) is 29.2 Å². The van der Waals surface area contributed by atoms with Crippen LogP contribution in [0, 0.1) is 0 Å². The summed E-state index contributed by atoms with van der Waals surface area (Å²) in [5.74, 6) is -0.0705. The number of Topliss-reactive ketones (excluding diaryl/α,β-unsaturated/α-hetero) is 1. The lowest BCUT2D eigenvalue weighted by Gasteiger charge is -2.15. The van der Waals surface area contributed by atoms with Crippen molar-refractivity contribution in [2.45, 2.75) is 19.4 Å². The second-order valence-corrected chi connectivity index (χ2v) is 4.44. The molecule has 0 spiro atoms. The summed E-state index contributed by atoms with van der Waals surface area (Å²) in [6.07, 6.45) is 0.845. The van der Waals surface area contributed by atoms with Gasteiger partial charge >= 0.3 is 0 Å². The Bertz CT molecular complexity index is 456. The highest BCUT2D eigenvalue weighted by molar-refractivity contribution is 5.99. The first-order valence-electron chi connectivity index (χ1n) is 5.74. The molecule has 1 aliphatic rings. The average Bonchev–Trinajstić information content (AvgIpc) is 2.75. The minimum atomic E-state index is -0.0407. The van der Waals surface area contributed by atoms with Crippen LogP contribution >= 0.6 is 0 Å².